The van der Waals surface area contributed by atoms with Crippen LogP contribution in [0.2, 0.25) is 0 Å². The normalized spacial score (nSPS) is 18.0. The number of nitriles is 1. The predicted octanol–water partition coefficient (Wildman–Crippen LogP) is 3.08. The molecule has 0 saturated heterocycles. The highest BCUT2D eigenvalue weighted by atomic mass is 19.4. The Bertz CT molecular complexity index is 545. The van der Waals surface area contributed by atoms with E-state index in [9.17, 15) is 18.3 Å². The van der Waals surface area contributed by atoms with E-state index in [1.807, 2.05) is 6.07 Å². The number of aromatic nitrogens is 1. The van der Waals surface area contributed by atoms with Crippen LogP contribution in [0, 0.1) is 11.3 Å². The summed E-state index contributed by atoms with van der Waals surface area (Å²) in [4.78, 5) is 3.53. The number of anilines is 1. The second kappa shape index (κ2) is 5.90. The van der Waals surface area contributed by atoms with Crippen LogP contribution in [0.3, 0.4) is 0 Å². The number of halogens is 3. The van der Waals surface area contributed by atoms with Gasteiger partial charge in [-0.2, -0.15) is 18.4 Å². The molecule has 1 heterocycles. The SMILES string of the molecule is N#Cc1ccc(C(F)(F)F)nc1NC1(CO)CCCCC1. The fraction of sp³-hybridized carbons (Fsp3) is 0.571. The summed E-state index contributed by atoms with van der Waals surface area (Å²) in [7, 11) is 0. The topological polar surface area (TPSA) is 68.9 Å². The van der Waals surface area contributed by atoms with Crippen molar-refractivity contribution >= 4 is 5.82 Å². The monoisotopic (exact) mass is 299 g/mol. The van der Waals surface area contributed by atoms with Gasteiger partial charge in [-0.3, -0.25) is 0 Å². The Balaban J connectivity index is 2.35. The van der Waals surface area contributed by atoms with Crippen molar-refractivity contribution in [2.24, 2.45) is 0 Å². The van der Waals surface area contributed by atoms with Crippen LogP contribution in [0.15, 0.2) is 12.1 Å². The van der Waals surface area contributed by atoms with Crippen molar-refractivity contribution in [3.63, 3.8) is 0 Å². The van der Waals surface area contributed by atoms with Crippen LogP contribution in [0.5, 0.6) is 0 Å². The van der Waals surface area contributed by atoms with Crippen LogP contribution in [0.25, 0.3) is 0 Å². The molecule has 0 amide bonds. The minimum atomic E-state index is -4.57. The van der Waals surface area contributed by atoms with Crippen molar-refractivity contribution < 1.29 is 18.3 Å². The van der Waals surface area contributed by atoms with Crippen LogP contribution < -0.4 is 5.32 Å². The van der Waals surface area contributed by atoms with Gasteiger partial charge in [-0.05, 0) is 25.0 Å². The van der Waals surface area contributed by atoms with E-state index in [2.05, 4.69) is 10.3 Å². The molecule has 0 radical (unpaired) electrons. The fourth-order valence-electron chi connectivity index (χ4n) is 2.60. The van der Waals surface area contributed by atoms with E-state index < -0.39 is 17.4 Å². The Kier molecular flexibility index (Phi) is 4.37. The molecule has 4 nitrogen and oxygen atoms in total. The summed E-state index contributed by atoms with van der Waals surface area (Å²) in [5, 5.41) is 21.5. The predicted molar refractivity (Wildman–Crippen MR) is 70.5 cm³/mol. The van der Waals surface area contributed by atoms with Crippen molar-refractivity contribution in [3.05, 3.63) is 23.4 Å². The number of nitrogens with one attached hydrogen (secondary N) is 1. The van der Waals surface area contributed by atoms with Crippen LogP contribution in [-0.2, 0) is 6.18 Å². The molecular formula is C14H16F3N3O. The van der Waals surface area contributed by atoms with Gasteiger partial charge in [-0.25, -0.2) is 4.98 Å². The summed E-state index contributed by atoms with van der Waals surface area (Å²) in [5.41, 5.74) is -1.70. The third kappa shape index (κ3) is 3.45. The molecule has 0 bridgehead atoms. The molecule has 7 heteroatoms. The number of hydrogen-bond acceptors (Lipinski definition) is 4. The number of hydrogen-bond donors (Lipinski definition) is 2. The van der Waals surface area contributed by atoms with Gasteiger partial charge in [0.05, 0.1) is 17.7 Å². The summed E-state index contributed by atoms with van der Waals surface area (Å²) in [5.74, 6) is -0.108. The van der Waals surface area contributed by atoms with Crippen LogP contribution >= 0.6 is 0 Å². The molecule has 0 spiro atoms. The number of rotatable bonds is 3. The average molecular weight is 299 g/mol. The third-order valence-corrected chi connectivity index (χ3v) is 3.80. The lowest BCUT2D eigenvalue weighted by atomic mass is 9.82. The number of alkyl halides is 3. The Hall–Kier alpha value is -1.81. The standard InChI is InChI=1S/C14H16F3N3O/c15-14(16,17)11-5-4-10(8-18)12(19-11)20-13(9-21)6-2-1-3-7-13/h4-5,21H,1-3,6-7,9H2,(H,19,20). The lowest BCUT2D eigenvalue weighted by Gasteiger charge is -2.37. The molecule has 2 rings (SSSR count). The van der Waals surface area contributed by atoms with Gasteiger partial charge in [-0.1, -0.05) is 19.3 Å². The van der Waals surface area contributed by atoms with Crippen LogP contribution in [0.1, 0.15) is 43.4 Å². The first kappa shape index (κ1) is 15.6. The lowest BCUT2D eigenvalue weighted by molar-refractivity contribution is -0.141. The van der Waals surface area contributed by atoms with E-state index in [0.717, 1.165) is 31.4 Å². The van der Waals surface area contributed by atoms with Crippen molar-refractivity contribution in [2.75, 3.05) is 11.9 Å². The van der Waals surface area contributed by atoms with Crippen LogP contribution in [0.4, 0.5) is 19.0 Å². The zero-order valence-electron chi connectivity index (χ0n) is 11.4. The summed E-state index contributed by atoms with van der Waals surface area (Å²) in [6, 6.07) is 3.72. The van der Waals surface area contributed by atoms with Gasteiger partial charge in [0.2, 0.25) is 0 Å². The first-order valence-electron chi connectivity index (χ1n) is 6.78. The lowest BCUT2D eigenvalue weighted by Crippen LogP contribution is -2.44. The second-order valence-electron chi connectivity index (χ2n) is 5.33. The van der Waals surface area contributed by atoms with E-state index in [0.29, 0.717) is 12.8 Å². The van der Waals surface area contributed by atoms with E-state index in [1.165, 1.54) is 0 Å². The van der Waals surface area contributed by atoms with E-state index >= 15 is 0 Å². The molecule has 1 aromatic heterocycles. The van der Waals surface area contributed by atoms with Gasteiger partial charge in [0.1, 0.15) is 17.6 Å². The highest BCUT2D eigenvalue weighted by Gasteiger charge is 2.35. The summed E-state index contributed by atoms with van der Waals surface area (Å²) in [6.45, 7) is -0.199. The fourth-order valence-corrected chi connectivity index (χ4v) is 2.60. The molecule has 21 heavy (non-hydrogen) atoms. The molecule has 2 N–H and O–H groups in total. The summed E-state index contributed by atoms with van der Waals surface area (Å²) in [6.07, 6.45) is -0.477. The number of nitrogens with zero attached hydrogens (tertiary/aromatic N) is 2. The molecule has 1 aliphatic carbocycles. The Morgan fingerprint density at radius 3 is 2.48 bits per heavy atom. The zero-order chi connectivity index (χ0) is 15.5. The van der Waals surface area contributed by atoms with Gasteiger partial charge in [-0.15, -0.1) is 0 Å². The molecule has 1 aromatic rings. The molecule has 114 valence electrons. The Morgan fingerprint density at radius 1 is 1.29 bits per heavy atom. The molecule has 1 saturated carbocycles. The molecule has 0 aromatic carbocycles. The first-order valence-corrected chi connectivity index (χ1v) is 6.78. The van der Waals surface area contributed by atoms with Gasteiger partial charge < -0.3 is 10.4 Å². The maximum Gasteiger partial charge on any atom is 0.433 e. The minimum Gasteiger partial charge on any atom is -0.394 e. The molecular weight excluding hydrogens is 283 g/mol. The van der Waals surface area contributed by atoms with Gasteiger partial charge in [0.25, 0.3) is 0 Å². The van der Waals surface area contributed by atoms with E-state index in [4.69, 9.17) is 5.26 Å². The molecule has 0 unspecified atom stereocenters. The van der Waals surface area contributed by atoms with Crippen molar-refractivity contribution in [3.8, 4) is 6.07 Å². The molecule has 0 atom stereocenters. The summed E-state index contributed by atoms with van der Waals surface area (Å²) >= 11 is 0. The smallest absolute Gasteiger partial charge is 0.394 e. The Morgan fingerprint density at radius 2 is 1.95 bits per heavy atom. The summed E-state index contributed by atoms with van der Waals surface area (Å²) < 4.78 is 38.2. The number of pyridine rings is 1. The van der Waals surface area contributed by atoms with Gasteiger partial charge >= 0.3 is 6.18 Å². The van der Waals surface area contributed by atoms with Gasteiger partial charge in [0.15, 0.2) is 0 Å². The maximum atomic E-state index is 12.7. The van der Waals surface area contributed by atoms with E-state index in [-0.39, 0.29) is 18.0 Å². The quantitative estimate of drug-likeness (QED) is 0.900. The zero-order valence-corrected chi connectivity index (χ0v) is 11.4. The van der Waals surface area contributed by atoms with Crippen molar-refractivity contribution in [1.29, 1.82) is 5.26 Å². The maximum absolute atomic E-state index is 12.7. The van der Waals surface area contributed by atoms with Crippen LogP contribution in [-0.4, -0.2) is 22.2 Å². The largest absolute Gasteiger partial charge is 0.433 e. The molecule has 1 aliphatic rings. The van der Waals surface area contributed by atoms with Gasteiger partial charge in [0, 0.05) is 0 Å². The highest BCUT2D eigenvalue weighted by molar-refractivity contribution is 5.54. The molecule has 0 aliphatic heterocycles. The average Bonchev–Trinajstić information content (AvgIpc) is 2.47. The third-order valence-electron chi connectivity index (χ3n) is 3.80. The second-order valence-corrected chi connectivity index (χ2v) is 5.33. The molecule has 1 fully saturated rings. The van der Waals surface area contributed by atoms with Crippen molar-refractivity contribution in [2.45, 2.75) is 43.8 Å². The number of aliphatic hydroxyl groups excluding tert-OH is 1. The van der Waals surface area contributed by atoms with E-state index in [1.54, 1.807) is 0 Å². The Labute approximate surface area is 120 Å². The number of aliphatic hydroxyl groups is 1. The first-order chi connectivity index (χ1) is 9.90. The van der Waals surface area contributed by atoms with Crippen molar-refractivity contribution in [1.82, 2.24) is 4.98 Å². The minimum absolute atomic E-state index is 0.0430. The highest BCUT2D eigenvalue weighted by Crippen LogP contribution is 2.34.